The van der Waals surface area contributed by atoms with E-state index in [-0.39, 0.29) is 12.5 Å². The van der Waals surface area contributed by atoms with Gasteiger partial charge in [-0.1, -0.05) is 30.3 Å². The molecule has 0 heterocycles. The maximum Gasteiger partial charge on any atom is 0.244 e. The molecule has 0 aliphatic heterocycles. The smallest absolute Gasteiger partial charge is 0.244 e. The summed E-state index contributed by atoms with van der Waals surface area (Å²) in [7, 11) is -0.690. The highest BCUT2D eigenvalue weighted by Crippen LogP contribution is 2.19. The van der Waals surface area contributed by atoms with Crippen LogP contribution in [0.25, 0.3) is 0 Å². The summed E-state index contributed by atoms with van der Waals surface area (Å²) < 4.78 is 31.0. The minimum atomic E-state index is -3.72. The number of benzene rings is 2. The lowest BCUT2D eigenvalue weighted by atomic mass is 10.1. The minimum Gasteiger partial charge on any atom is -0.497 e. The van der Waals surface area contributed by atoms with Gasteiger partial charge in [-0.2, -0.15) is 0 Å². The van der Waals surface area contributed by atoms with Gasteiger partial charge in [0.25, 0.3) is 0 Å². The van der Waals surface area contributed by atoms with E-state index in [1.807, 2.05) is 6.07 Å². The molecular weight excluding hydrogens is 406 g/mol. The van der Waals surface area contributed by atoms with E-state index in [4.69, 9.17) is 4.74 Å². The Morgan fingerprint density at radius 2 is 1.77 bits per heavy atom. The monoisotopic (exact) mass is 433 g/mol. The molecule has 30 heavy (non-hydrogen) atoms. The molecule has 0 aliphatic carbocycles. The fraction of sp³-hybridized carbons (Fsp3) is 0.333. The summed E-state index contributed by atoms with van der Waals surface area (Å²) >= 11 is 0. The van der Waals surface area contributed by atoms with Gasteiger partial charge < -0.3 is 15.0 Å². The lowest BCUT2D eigenvalue weighted by Crippen LogP contribution is -2.50. The Morgan fingerprint density at radius 3 is 2.33 bits per heavy atom. The number of methoxy groups -OCH3 is 1. The molecule has 0 bridgehead atoms. The fourth-order valence-electron chi connectivity index (χ4n) is 2.97. The third-order valence-electron chi connectivity index (χ3n) is 4.62. The molecule has 1 unspecified atom stereocenters. The second kappa shape index (κ2) is 10.1. The second-order valence-corrected chi connectivity index (χ2v) is 8.68. The Labute approximate surface area is 177 Å². The van der Waals surface area contributed by atoms with Crippen LogP contribution in [0.3, 0.4) is 0 Å². The van der Waals surface area contributed by atoms with Crippen molar-refractivity contribution in [2.75, 3.05) is 31.3 Å². The Balaban J connectivity index is 2.36. The average Bonchev–Trinajstić information content (AvgIpc) is 2.74. The van der Waals surface area contributed by atoms with E-state index in [0.29, 0.717) is 11.4 Å². The van der Waals surface area contributed by atoms with Gasteiger partial charge in [0.2, 0.25) is 21.8 Å². The van der Waals surface area contributed by atoms with Crippen LogP contribution in [0.2, 0.25) is 0 Å². The number of hydrogen-bond acceptors (Lipinski definition) is 5. The number of hydrogen-bond donors (Lipinski definition) is 1. The van der Waals surface area contributed by atoms with Crippen molar-refractivity contribution in [1.82, 2.24) is 10.2 Å². The zero-order valence-corrected chi connectivity index (χ0v) is 18.3. The SMILES string of the molecule is CNC(=O)C(C)N(Cc1cccc(OC)c1)C(=O)CN(c1ccccc1)S(C)(=O)=O. The molecule has 0 aromatic heterocycles. The van der Waals surface area contributed by atoms with Crippen molar-refractivity contribution in [3.63, 3.8) is 0 Å². The molecule has 0 saturated heterocycles. The van der Waals surface area contributed by atoms with Crippen molar-refractivity contribution in [1.29, 1.82) is 0 Å². The van der Waals surface area contributed by atoms with Crippen LogP contribution in [0, 0.1) is 0 Å². The molecule has 2 rings (SSSR count). The third-order valence-corrected chi connectivity index (χ3v) is 5.76. The van der Waals surface area contributed by atoms with Crippen LogP contribution in [0.1, 0.15) is 12.5 Å². The van der Waals surface area contributed by atoms with E-state index >= 15 is 0 Å². The van der Waals surface area contributed by atoms with Crippen LogP contribution in [0.5, 0.6) is 5.75 Å². The van der Waals surface area contributed by atoms with E-state index in [1.165, 1.54) is 11.9 Å². The van der Waals surface area contributed by atoms with Gasteiger partial charge in [0.05, 0.1) is 19.1 Å². The number of amides is 2. The summed E-state index contributed by atoms with van der Waals surface area (Å²) in [6.07, 6.45) is 1.04. The highest BCUT2D eigenvalue weighted by atomic mass is 32.2. The number of likely N-dealkylation sites (N-methyl/N-ethyl adjacent to an activating group) is 1. The van der Waals surface area contributed by atoms with Crippen molar-refractivity contribution in [2.45, 2.75) is 19.5 Å². The molecule has 9 heteroatoms. The first-order valence-electron chi connectivity index (χ1n) is 9.34. The van der Waals surface area contributed by atoms with E-state index in [9.17, 15) is 18.0 Å². The van der Waals surface area contributed by atoms with Crippen molar-refractivity contribution in [3.05, 3.63) is 60.2 Å². The number of ether oxygens (including phenoxy) is 1. The number of rotatable bonds is 9. The van der Waals surface area contributed by atoms with Crippen molar-refractivity contribution in [2.24, 2.45) is 0 Å². The summed E-state index contributed by atoms with van der Waals surface area (Å²) in [5.41, 5.74) is 1.13. The first-order valence-corrected chi connectivity index (χ1v) is 11.2. The minimum absolute atomic E-state index is 0.122. The molecule has 2 aromatic rings. The highest BCUT2D eigenvalue weighted by molar-refractivity contribution is 7.92. The zero-order valence-electron chi connectivity index (χ0n) is 17.5. The number of nitrogens with one attached hydrogen (secondary N) is 1. The Morgan fingerprint density at radius 1 is 1.10 bits per heavy atom. The maximum atomic E-state index is 13.2. The van der Waals surface area contributed by atoms with Gasteiger partial charge in [0, 0.05) is 13.6 Å². The van der Waals surface area contributed by atoms with Crippen LogP contribution in [-0.2, 0) is 26.2 Å². The highest BCUT2D eigenvalue weighted by Gasteiger charge is 2.29. The molecular formula is C21H27N3O5S. The van der Waals surface area contributed by atoms with E-state index in [0.717, 1.165) is 16.1 Å². The summed E-state index contributed by atoms with van der Waals surface area (Å²) in [4.78, 5) is 26.8. The quantitative estimate of drug-likeness (QED) is 0.648. The molecule has 8 nitrogen and oxygen atoms in total. The predicted molar refractivity (Wildman–Crippen MR) is 116 cm³/mol. The Kier molecular flexibility index (Phi) is 7.82. The van der Waals surface area contributed by atoms with Gasteiger partial charge in [-0.3, -0.25) is 13.9 Å². The number of sulfonamides is 1. The number of anilines is 1. The van der Waals surface area contributed by atoms with Crippen LogP contribution < -0.4 is 14.4 Å². The molecule has 0 radical (unpaired) electrons. The lowest BCUT2D eigenvalue weighted by molar-refractivity contribution is -0.139. The van der Waals surface area contributed by atoms with Crippen molar-refractivity contribution >= 4 is 27.5 Å². The summed E-state index contributed by atoms with van der Waals surface area (Å²) in [5.74, 6) is -0.227. The number of carbonyl (C=O) groups excluding carboxylic acids is 2. The van der Waals surface area contributed by atoms with Crippen molar-refractivity contribution in [3.8, 4) is 5.75 Å². The second-order valence-electron chi connectivity index (χ2n) is 6.77. The van der Waals surface area contributed by atoms with Crippen LogP contribution >= 0.6 is 0 Å². The Hall–Kier alpha value is -3.07. The van der Waals surface area contributed by atoms with E-state index in [1.54, 1.807) is 62.6 Å². The zero-order chi connectivity index (χ0) is 22.3. The predicted octanol–water partition coefficient (Wildman–Crippen LogP) is 1.62. The third kappa shape index (κ3) is 5.96. The van der Waals surface area contributed by atoms with Gasteiger partial charge in [0.1, 0.15) is 18.3 Å². The first-order chi connectivity index (χ1) is 14.2. The molecule has 0 saturated carbocycles. The van der Waals surface area contributed by atoms with Gasteiger partial charge in [0.15, 0.2) is 0 Å². The summed E-state index contributed by atoms with van der Waals surface area (Å²) in [6.45, 7) is 1.30. The molecule has 162 valence electrons. The first kappa shape index (κ1) is 23.2. The lowest BCUT2D eigenvalue weighted by Gasteiger charge is -2.31. The topological polar surface area (TPSA) is 96.0 Å². The molecule has 0 fully saturated rings. The fourth-order valence-corrected chi connectivity index (χ4v) is 3.82. The van der Waals surface area contributed by atoms with E-state index in [2.05, 4.69) is 5.32 Å². The number of nitrogens with zero attached hydrogens (tertiary/aromatic N) is 2. The van der Waals surface area contributed by atoms with Crippen LogP contribution in [0.15, 0.2) is 54.6 Å². The molecule has 1 atom stereocenters. The molecule has 1 N–H and O–H groups in total. The normalized spacial score (nSPS) is 12.0. The number of carbonyl (C=O) groups is 2. The van der Waals surface area contributed by atoms with Crippen LogP contribution in [0.4, 0.5) is 5.69 Å². The van der Waals surface area contributed by atoms with Crippen molar-refractivity contribution < 1.29 is 22.7 Å². The van der Waals surface area contributed by atoms with E-state index < -0.39 is 28.5 Å². The Bertz CT molecular complexity index is 979. The van der Waals surface area contributed by atoms with Gasteiger partial charge in [-0.05, 0) is 36.8 Å². The van der Waals surface area contributed by atoms with Gasteiger partial charge >= 0.3 is 0 Å². The average molecular weight is 434 g/mol. The standard InChI is InChI=1S/C21H27N3O5S/c1-16(21(26)22-2)23(14-17-9-8-12-19(13-17)29-3)20(25)15-24(30(4,27)28)18-10-6-5-7-11-18/h5-13,16H,14-15H2,1-4H3,(H,22,26). The maximum absolute atomic E-state index is 13.2. The molecule has 0 aliphatic rings. The summed E-state index contributed by atoms with van der Waals surface area (Å²) in [6, 6.07) is 14.7. The molecule has 0 spiro atoms. The van der Waals surface area contributed by atoms with Gasteiger partial charge in [-0.25, -0.2) is 8.42 Å². The molecule has 2 amide bonds. The number of para-hydroxylation sites is 1. The largest absolute Gasteiger partial charge is 0.497 e. The van der Waals surface area contributed by atoms with Crippen LogP contribution in [-0.4, -0.2) is 58.1 Å². The summed E-state index contributed by atoms with van der Waals surface area (Å²) in [5, 5.41) is 2.53. The molecule has 2 aromatic carbocycles. The van der Waals surface area contributed by atoms with Gasteiger partial charge in [-0.15, -0.1) is 0 Å².